The number of morpholine rings is 1. The van der Waals surface area contributed by atoms with Crippen molar-refractivity contribution in [3.63, 3.8) is 0 Å². The Labute approximate surface area is 114 Å². The second-order valence-electron chi connectivity index (χ2n) is 4.91. The van der Waals surface area contributed by atoms with Crippen molar-refractivity contribution < 1.29 is 9.53 Å². The summed E-state index contributed by atoms with van der Waals surface area (Å²) in [7, 11) is 1.85. The molecule has 1 amide bonds. The zero-order valence-corrected chi connectivity index (χ0v) is 11.5. The van der Waals surface area contributed by atoms with E-state index in [2.05, 4.69) is 17.4 Å². The number of carbonyl (C=O) groups excluding carboxylic acids is 1. The topological polar surface area (TPSA) is 41.6 Å². The highest BCUT2D eigenvalue weighted by Crippen LogP contribution is 2.05. The van der Waals surface area contributed by atoms with Crippen LogP contribution >= 0.6 is 0 Å². The summed E-state index contributed by atoms with van der Waals surface area (Å²) in [6, 6.07) is 10.4. The van der Waals surface area contributed by atoms with Crippen LogP contribution in [0.15, 0.2) is 30.3 Å². The van der Waals surface area contributed by atoms with E-state index in [4.69, 9.17) is 4.74 Å². The molecule has 1 fully saturated rings. The van der Waals surface area contributed by atoms with Crippen LogP contribution in [0.5, 0.6) is 0 Å². The highest BCUT2D eigenvalue weighted by Gasteiger charge is 2.24. The fourth-order valence-electron chi connectivity index (χ4n) is 2.25. The molecule has 0 bridgehead atoms. The monoisotopic (exact) mass is 262 g/mol. The maximum atomic E-state index is 12.1. The third-order valence-corrected chi connectivity index (χ3v) is 3.38. The van der Waals surface area contributed by atoms with E-state index in [1.54, 1.807) is 4.90 Å². The first-order valence-corrected chi connectivity index (χ1v) is 6.88. The highest BCUT2D eigenvalue weighted by atomic mass is 16.5. The van der Waals surface area contributed by atoms with Gasteiger partial charge in [0.05, 0.1) is 6.61 Å². The minimum absolute atomic E-state index is 0.0836. The fraction of sp³-hybridized carbons (Fsp3) is 0.533. The predicted molar refractivity (Wildman–Crippen MR) is 75.0 cm³/mol. The zero-order valence-electron chi connectivity index (χ0n) is 11.5. The highest BCUT2D eigenvalue weighted by molar-refractivity contribution is 5.81. The molecule has 19 heavy (non-hydrogen) atoms. The van der Waals surface area contributed by atoms with Gasteiger partial charge in [0.15, 0.2) is 0 Å². The van der Waals surface area contributed by atoms with Crippen LogP contribution in [0.25, 0.3) is 0 Å². The van der Waals surface area contributed by atoms with E-state index in [9.17, 15) is 4.79 Å². The maximum absolute atomic E-state index is 12.1. The van der Waals surface area contributed by atoms with E-state index in [1.807, 2.05) is 25.2 Å². The summed E-state index contributed by atoms with van der Waals surface area (Å²) in [5, 5.41) is 3.18. The van der Waals surface area contributed by atoms with E-state index in [0.717, 1.165) is 25.9 Å². The average Bonchev–Trinajstić information content (AvgIpc) is 2.48. The summed E-state index contributed by atoms with van der Waals surface area (Å²) in [5.74, 6) is 0.0836. The Bertz CT molecular complexity index is 388. The van der Waals surface area contributed by atoms with Crippen LogP contribution in [0, 0.1) is 0 Å². The molecule has 1 aliphatic heterocycles. The number of likely N-dealkylation sites (N-methyl/N-ethyl adjacent to an activating group) is 1. The van der Waals surface area contributed by atoms with Crippen molar-refractivity contribution in [2.45, 2.75) is 18.9 Å². The Hall–Kier alpha value is -1.39. The number of nitrogens with zero attached hydrogens (tertiary/aromatic N) is 1. The molecule has 1 unspecified atom stereocenters. The standard InChI is InChI=1S/C15H22N2O2/c1-17(15(18)14-12-16-9-11-19-14)10-5-8-13-6-3-2-4-7-13/h2-4,6-7,14,16H,5,8-12H2,1H3. The van der Waals surface area contributed by atoms with Gasteiger partial charge in [-0.3, -0.25) is 4.79 Å². The molecule has 0 aliphatic carbocycles. The largest absolute Gasteiger partial charge is 0.366 e. The van der Waals surface area contributed by atoms with E-state index in [1.165, 1.54) is 5.56 Å². The van der Waals surface area contributed by atoms with Gasteiger partial charge in [0, 0.05) is 26.7 Å². The second kappa shape index (κ2) is 7.26. The number of nitrogens with one attached hydrogen (secondary N) is 1. The first-order chi connectivity index (χ1) is 9.27. The SMILES string of the molecule is CN(CCCc1ccccc1)C(=O)C1CNCCO1. The number of ether oxygens (including phenoxy) is 1. The summed E-state index contributed by atoms with van der Waals surface area (Å²) < 4.78 is 5.47. The van der Waals surface area contributed by atoms with Gasteiger partial charge < -0.3 is 15.0 Å². The van der Waals surface area contributed by atoms with Crippen LogP contribution in [0.3, 0.4) is 0 Å². The maximum Gasteiger partial charge on any atom is 0.252 e. The van der Waals surface area contributed by atoms with Gasteiger partial charge >= 0.3 is 0 Å². The van der Waals surface area contributed by atoms with Crippen LogP contribution in [-0.4, -0.2) is 50.2 Å². The van der Waals surface area contributed by atoms with Crippen LogP contribution in [-0.2, 0) is 16.0 Å². The third-order valence-electron chi connectivity index (χ3n) is 3.38. The van der Waals surface area contributed by atoms with Crippen molar-refractivity contribution in [2.75, 3.05) is 33.3 Å². The van der Waals surface area contributed by atoms with Crippen molar-refractivity contribution in [1.29, 1.82) is 0 Å². The number of amides is 1. The molecule has 1 aliphatic rings. The molecule has 0 aromatic heterocycles. The first-order valence-electron chi connectivity index (χ1n) is 6.88. The van der Waals surface area contributed by atoms with Crippen LogP contribution < -0.4 is 5.32 Å². The van der Waals surface area contributed by atoms with Crippen molar-refractivity contribution >= 4 is 5.91 Å². The lowest BCUT2D eigenvalue weighted by molar-refractivity contribution is -0.143. The molecule has 1 heterocycles. The molecule has 1 atom stereocenters. The summed E-state index contributed by atoms with van der Waals surface area (Å²) in [5.41, 5.74) is 1.32. The smallest absolute Gasteiger partial charge is 0.252 e. The quantitative estimate of drug-likeness (QED) is 0.863. The van der Waals surface area contributed by atoms with Gasteiger partial charge in [-0.2, -0.15) is 0 Å². The molecular formula is C15H22N2O2. The average molecular weight is 262 g/mol. The van der Waals surface area contributed by atoms with Gasteiger partial charge in [0.25, 0.3) is 5.91 Å². The molecule has 1 N–H and O–H groups in total. The third kappa shape index (κ3) is 4.33. The number of carbonyl (C=O) groups is 1. The van der Waals surface area contributed by atoms with Gasteiger partial charge in [-0.1, -0.05) is 30.3 Å². The molecule has 1 aromatic rings. The normalized spacial score (nSPS) is 19.1. The van der Waals surface area contributed by atoms with Gasteiger partial charge in [0.1, 0.15) is 6.10 Å². The molecule has 2 rings (SSSR count). The van der Waals surface area contributed by atoms with Crippen LogP contribution in [0.1, 0.15) is 12.0 Å². The van der Waals surface area contributed by atoms with E-state index >= 15 is 0 Å². The van der Waals surface area contributed by atoms with Crippen LogP contribution in [0.4, 0.5) is 0 Å². The van der Waals surface area contributed by atoms with E-state index in [-0.39, 0.29) is 12.0 Å². The van der Waals surface area contributed by atoms with E-state index < -0.39 is 0 Å². The Morgan fingerprint density at radius 2 is 2.21 bits per heavy atom. The lowest BCUT2D eigenvalue weighted by Crippen LogP contribution is -2.48. The Kier molecular flexibility index (Phi) is 5.36. The molecule has 4 nitrogen and oxygen atoms in total. The molecule has 1 saturated heterocycles. The molecule has 0 saturated carbocycles. The minimum Gasteiger partial charge on any atom is -0.366 e. The molecule has 1 aromatic carbocycles. The molecular weight excluding hydrogens is 240 g/mol. The van der Waals surface area contributed by atoms with Crippen molar-refractivity contribution in [3.05, 3.63) is 35.9 Å². The summed E-state index contributed by atoms with van der Waals surface area (Å²) in [6.45, 7) is 2.85. The Morgan fingerprint density at radius 3 is 2.89 bits per heavy atom. The van der Waals surface area contributed by atoms with Crippen molar-refractivity contribution in [1.82, 2.24) is 10.2 Å². The molecule has 104 valence electrons. The van der Waals surface area contributed by atoms with Crippen molar-refractivity contribution in [2.24, 2.45) is 0 Å². The lowest BCUT2D eigenvalue weighted by atomic mass is 10.1. The van der Waals surface area contributed by atoms with E-state index in [0.29, 0.717) is 13.2 Å². The predicted octanol–water partition coefficient (Wildman–Crippen LogP) is 1.07. The summed E-state index contributed by atoms with van der Waals surface area (Å²) in [6.07, 6.45) is 1.67. The molecule has 0 spiro atoms. The van der Waals surface area contributed by atoms with Gasteiger partial charge in [-0.25, -0.2) is 0 Å². The molecule has 4 heteroatoms. The number of benzene rings is 1. The lowest BCUT2D eigenvalue weighted by Gasteiger charge is -2.27. The zero-order chi connectivity index (χ0) is 13.5. The van der Waals surface area contributed by atoms with Gasteiger partial charge in [-0.15, -0.1) is 0 Å². The number of aryl methyl sites for hydroxylation is 1. The van der Waals surface area contributed by atoms with Crippen LogP contribution in [0.2, 0.25) is 0 Å². The Morgan fingerprint density at radius 1 is 1.42 bits per heavy atom. The van der Waals surface area contributed by atoms with Crippen molar-refractivity contribution in [3.8, 4) is 0 Å². The molecule has 0 radical (unpaired) electrons. The number of hydrogen-bond donors (Lipinski definition) is 1. The van der Waals surface area contributed by atoms with Gasteiger partial charge in [-0.05, 0) is 18.4 Å². The minimum atomic E-state index is -0.310. The summed E-state index contributed by atoms with van der Waals surface area (Å²) >= 11 is 0. The Balaban J connectivity index is 1.71. The first kappa shape index (κ1) is 14.0. The fourth-order valence-corrected chi connectivity index (χ4v) is 2.25. The van der Waals surface area contributed by atoms with Gasteiger partial charge in [0.2, 0.25) is 0 Å². The second-order valence-corrected chi connectivity index (χ2v) is 4.91. The number of rotatable bonds is 5. The number of hydrogen-bond acceptors (Lipinski definition) is 3. The summed E-state index contributed by atoms with van der Waals surface area (Å²) in [4.78, 5) is 13.9.